The Morgan fingerprint density at radius 3 is 2.11 bits per heavy atom. The van der Waals surface area contributed by atoms with E-state index in [0.717, 1.165) is 12.1 Å². The van der Waals surface area contributed by atoms with Gasteiger partial charge in [0.05, 0.1) is 30.1 Å². The minimum Gasteiger partial charge on any atom is -0.494 e. The van der Waals surface area contributed by atoms with Gasteiger partial charge in [0.2, 0.25) is 0 Å². The second-order valence-electron chi connectivity index (χ2n) is 6.93. The van der Waals surface area contributed by atoms with Gasteiger partial charge in [0.15, 0.2) is 9.84 Å². The van der Waals surface area contributed by atoms with Crippen LogP contribution in [0, 0.1) is 0 Å². The van der Waals surface area contributed by atoms with Crippen molar-refractivity contribution in [3.8, 4) is 5.75 Å². The molecule has 0 aliphatic rings. The van der Waals surface area contributed by atoms with Crippen molar-refractivity contribution < 1.29 is 43.3 Å². The number of fused-ring (bicyclic) bond motifs is 1. The lowest BCUT2D eigenvalue weighted by Crippen LogP contribution is -2.15. The van der Waals surface area contributed by atoms with Gasteiger partial charge in [-0.25, -0.2) is 12.6 Å². The number of nitrogens with zero attached hydrogens (tertiary/aromatic N) is 2. The molecule has 3 aromatic carbocycles. The quantitative estimate of drug-likeness (QED) is 0.202. The summed E-state index contributed by atoms with van der Waals surface area (Å²) in [4.78, 5) is -0.727. The zero-order chi connectivity index (χ0) is 26.0. The van der Waals surface area contributed by atoms with Crippen molar-refractivity contribution in [2.45, 2.75) is 9.79 Å². The lowest BCUT2D eigenvalue weighted by Gasteiger charge is -2.10. The summed E-state index contributed by atoms with van der Waals surface area (Å²) < 4.78 is 97.5. The molecule has 0 aliphatic carbocycles. The van der Waals surface area contributed by atoms with Gasteiger partial charge in [-0.2, -0.15) is 16.8 Å². The van der Waals surface area contributed by atoms with Gasteiger partial charge in [-0.15, -0.1) is 10.2 Å². The minimum absolute atomic E-state index is 0.0573. The van der Waals surface area contributed by atoms with Gasteiger partial charge in [-0.3, -0.25) is 9.11 Å². The third kappa shape index (κ3) is 6.30. The molecule has 0 bridgehead atoms. The third-order valence-electron chi connectivity index (χ3n) is 4.66. The highest BCUT2D eigenvalue weighted by molar-refractivity contribution is 7.91. The van der Waals surface area contributed by atoms with Crippen molar-refractivity contribution >= 4 is 58.2 Å². The first-order chi connectivity index (χ1) is 16.2. The summed E-state index contributed by atoms with van der Waals surface area (Å²) in [6.45, 7) is -0.823. The molecule has 0 saturated heterocycles. The molecule has 13 nitrogen and oxygen atoms in total. The highest BCUT2D eigenvalue weighted by atomic mass is 32.3. The second kappa shape index (κ2) is 9.84. The van der Waals surface area contributed by atoms with Crippen LogP contribution in [0.25, 0.3) is 10.8 Å². The number of nitrogens with two attached hydrogens (primary N) is 1. The van der Waals surface area contributed by atoms with E-state index in [1.165, 1.54) is 31.4 Å². The van der Waals surface area contributed by atoms with Crippen LogP contribution in [-0.4, -0.2) is 53.8 Å². The zero-order valence-electron chi connectivity index (χ0n) is 17.9. The first-order valence-electron chi connectivity index (χ1n) is 9.46. The Morgan fingerprint density at radius 1 is 0.886 bits per heavy atom. The third-order valence-corrected chi connectivity index (χ3v) is 7.70. The van der Waals surface area contributed by atoms with E-state index in [4.69, 9.17) is 15.0 Å². The average Bonchev–Trinajstić information content (AvgIpc) is 2.76. The predicted molar refractivity (Wildman–Crippen MR) is 125 cm³/mol. The Bertz CT molecular complexity index is 1630. The van der Waals surface area contributed by atoms with E-state index in [-0.39, 0.29) is 33.1 Å². The van der Waals surface area contributed by atoms with Crippen LogP contribution in [-0.2, 0) is 34.5 Å². The molecule has 0 spiro atoms. The van der Waals surface area contributed by atoms with Gasteiger partial charge in [0.25, 0.3) is 10.1 Å². The molecule has 0 saturated carbocycles. The van der Waals surface area contributed by atoms with E-state index in [9.17, 15) is 29.8 Å². The molecule has 0 aliphatic heterocycles. The van der Waals surface area contributed by atoms with E-state index < -0.39 is 47.6 Å². The summed E-state index contributed by atoms with van der Waals surface area (Å²) in [5, 5.41) is 8.34. The molecule has 0 heterocycles. The summed E-state index contributed by atoms with van der Waals surface area (Å²) in [5.74, 6) is -0.665. The van der Waals surface area contributed by atoms with Crippen molar-refractivity contribution in [1.82, 2.24) is 0 Å². The number of hydrogen-bond acceptors (Lipinski definition) is 11. The number of benzene rings is 3. The molecule has 0 amide bonds. The fourth-order valence-corrected chi connectivity index (χ4v) is 5.28. The first-order valence-corrected chi connectivity index (χ1v) is 13.9. The summed E-state index contributed by atoms with van der Waals surface area (Å²) in [5.41, 5.74) is 5.98. The summed E-state index contributed by atoms with van der Waals surface area (Å²) in [6.07, 6.45) is 0. The van der Waals surface area contributed by atoms with Crippen LogP contribution in [0.15, 0.2) is 68.6 Å². The van der Waals surface area contributed by atoms with Gasteiger partial charge >= 0.3 is 10.4 Å². The van der Waals surface area contributed by atoms with Crippen LogP contribution in [0.3, 0.4) is 0 Å². The normalized spacial score (nSPS) is 12.9. The minimum atomic E-state index is -4.81. The van der Waals surface area contributed by atoms with Crippen molar-refractivity contribution in [3.05, 3.63) is 48.5 Å². The number of nitrogen functional groups attached to an aromatic ring is 1. The lowest BCUT2D eigenvalue weighted by molar-refractivity contribution is 0.284. The van der Waals surface area contributed by atoms with Crippen LogP contribution in [0.4, 0.5) is 17.1 Å². The smallest absolute Gasteiger partial charge is 0.397 e. The van der Waals surface area contributed by atoms with Gasteiger partial charge in [0, 0.05) is 10.8 Å². The number of hydrogen-bond donors (Lipinski definition) is 3. The Kier molecular flexibility index (Phi) is 7.44. The van der Waals surface area contributed by atoms with Crippen molar-refractivity contribution in [1.29, 1.82) is 0 Å². The number of rotatable bonds is 9. The van der Waals surface area contributed by atoms with Gasteiger partial charge in [0.1, 0.15) is 22.0 Å². The monoisotopic (exact) mass is 545 g/mol. The molecule has 4 N–H and O–H groups in total. The standard InChI is InChI=1S/C19H19N3O10S3/c1-31-17-7-6-12(33(23,24)9-8-32-35(28,29)30)10-15(17)21-22-16-11-18(34(25,26)27)13-4-2-3-5-14(13)19(16)20/h2-7,10-11H,8-9,20H2,1H3,(H,25,26,27)(H,28,29,30). The second-order valence-corrected chi connectivity index (χ2v) is 11.5. The van der Waals surface area contributed by atoms with Crippen LogP contribution < -0.4 is 10.5 Å². The lowest BCUT2D eigenvalue weighted by atomic mass is 10.1. The van der Waals surface area contributed by atoms with Crippen molar-refractivity contribution in [2.24, 2.45) is 10.2 Å². The Morgan fingerprint density at radius 2 is 1.51 bits per heavy atom. The van der Waals surface area contributed by atoms with Crippen LogP contribution in [0.5, 0.6) is 5.75 Å². The van der Waals surface area contributed by atoms with Gasteiger partial charge in [-0.1, -0.05) is 24.3 Å². The van der Waals surface area contributed by atoms with E-state index in [1.807, 2.05) is 0 Å². The molecule has 35 heavy (non-hydrogen) atoms. The van der Waals surface area contributed by atoms with Crippen LogP contribution in [0.1, 0.15) is 0 Å². The molecule has 0 atom stereocenters. The number of ether oxygens (including phenoxy) is 1. The van der Waals surface area contributed by atoms with Crippen LogP contribution in [0.2, 0.25) is 0 Å². The Labute approximate surface area is 200 Å². The number of methoxy groups -OCH3 is 1. The number of anilines is 1. The molecule has 188 valence electrons. The SMILES string of the molecule is COc1ccc(S(=O)(=O)CCOS(=O)(=O)O)cc1N=Nc1cc(S(=O)(=O)O)c2ccccc2c1N. The number of azo groups is 1. The molecule has 0 fully saturated rings. The van der Waals surface area contributed by atoms with Gasteiger partial charge < -0.3 is 10.5 Å². The van der Waals surface area contributed by atoms with Crippen molar-refractivity contribution in [3.63, 3.8) is 0 Å². The molecular formula is C19H19N3O10S3. The fourth-order valence-electron chi connectivity index (χ4n) is 3.06. The summed E-state index contributed by atoms with van der Waals surface area (Å²) >= 11 is 0. The molecule has 3 aromatic rings. The van der Waals surface area contributed by atoms with E-state index in [2.05, 4.69) is 14.4 Å². The molecular weight excluding hydrogens is 526 g/mol. The van der Waals surface area contributed by atoms with E-state index >= 15 is 0 Å². The Balaban J connectivity index is 2.05. The van der Waals surface area contributed by atoms with Crippen LogP contribution >= 0.6 is 0 Å². The molecule has 0 unspecified atom stereocenters. The summed E-state index contributed by atoms with van der Waals surface area (Å²) in [6, 6.07) is 10.7. The highest BCUT2D eigenvalue weighted by Crippen LogP contribution is 2.38. The maximum atomic E-state index is 12.5. The maximum absolute atomic E-state index is 12.5. The maximum Gasteiger partial charge on any atom is 0.397 e. The van der Waals surface area contributed by atoms with E-state index in [1.54, 1.807) is 12.1 Å². The molecule has 0 radical (unpaired) electrons. The predicted octanol–water partition coefficient (Wildman–Crippen LogP) is 2.69. The van der Waals surface area contributed by atoms with Gasteiger partial charge in [-0.05, 0) is 24.3 Å². The largest absolute Gasteiger partial charge is 0.494 e. The Hall–Kier alpha value is -3.15. The molecule has 16 heteroatoms. The first kappa shape index (κ1) is 26.5. The molecule has 3 rings (SSSR count). The highest BCUT2D eigenvalue weighted by Gasteiger charge is 2.20. The van der Waals surface area contributed by atoms with E-state index in [0.29, 0.717) is 5.39 Å². The number of sulfone groups is 1. The topological polar surface area (TPSA) is 212 Å². The fraction of sp³-hybridized carbons (Fsp3) is 0.158. The summed E-state index contributed by atoms with van der Waals surface area (Å²) in [7, 11) is -12.2. The molecule has 0 aromatic heterocycles. The average molecular weight is 546 g/mol. The zero-order valence-corrected chi connectivity index (χ0v) is 20.3. The van der Waals surface area contributed by atoms with Crippen molar-refractivity contribution in [2.75, 3.05) is 25.2 Å².